The molecule has 35 heavy (non-hydrogen) atoms. The molecule has 0 spiro atoms. The molecule has 1 saturated carbocycles. The summed E-state index contributed by atoms with van der Waals surface area (Å²) < 4.78 is 27.3. The second-order valence-electron chi connectivity index (χ2n) is 8.94. The number of likely N-dealkylation sites (tertiary alicyclic amines) is 1. The summed E-state index contributed by atoms with van der Waals surface area (Å²) in [5.41, 5.74) is 1.04. The van der Waals surface area contributed by atoms with Crippen LogP contribution in [0.3, 0.4) is 0 Å². The van der Waals surface area contributed by atoms with Gasteiger partial charge < -0.3 is 4.90 Å². The SMILES string of the molecule is C=CCC1CCC(c2ccc(Cl)cc2)N(C(CC)CNS(=O)(=O)C2CC2)C1=O.Clc1cccnc1. The van der Waals surface area contributed by atoms with Gasteiger partial charge in [0.1, 0.15) is 0 Å². The number of carbonyl (C=O) groups is 1. The minimum atomic E-state index is -3.28. The van der Waals surface area contributed by atoms with Gasteiger partial charge in [0.25, 0.3) is 0 Å². The second kappa shape index (κ2) is 12.9. The standard InChI is InChI=1S/C21H29ClN2O3S.C5H4ClN/c1-3-5-16-8-13-20(15-6-9-17(22)10-7-15)24(21(16)25)18(4-2)14-23-28(26,27)19-11-12-19;6-5-2-1-3-7-4-5/h3,6-7,9-10,16,18-20,23H,1,4-5,8,11-14H2,2H3;1-4H. The number of nitrogens with one attached hydrogen (secondary N) is 1. The summed E-state index contributed by atoms with van der Waals surface area (Å²) in [6.07, 6.45) is 9.51. The Morgan fingerprint density at radius 3 is 2.37 bits per heavy atom. The molecule has 0 bridgehead atoms. The van der Waals surface area contributed by atoms with E-state index in [9.17, 15) is 13.2 Å². The highest BCUT2D eigenvalue weighted by Gasteiger charge is 2.40. The van der Waals surface area contributed by atoms with Crippen LogP contribution >= 0.6 is 23.2 Å². The van der Waals surface area contributed by atoms with Gasteiger partial charge in [-0.25, -0.2) is 13.1 Å². The van der Waals surface area contributed by atoms with Crippen molar-refractivity contribution in [2.45, 2.75) is 62.8 Å². The zero-order chi connectivity index (χ0) is 25.4. The van der Waals surface area contributed by atoms with E-state index in [2.05, 4.69) is 16.3 Å². The van der Waals surface area contributed by atoms with Crippen LogP contribution in [0.4, 0.5) is 0 Å². The van der Waals surface area contributed by atoms with Gasteiger partial charge >= 0.3 is 0 Å². The Labute approximate surface area is 218 Å². The lowest BCUT2D eigenvalue weighted by Crippen LogP contribution is -2.52. The molecule has 1 aromatic heterocycles. The lowest BCUT2D eigenvalue weighted by atomic mass is 9.85. The van der Waals surface area contributed by atoms with Crippen LogP contribution in [0.25, 0.3) is 0 Å². The maximum Gasteiger partial charge on any atom is 0.226 e. The van der Waals surface area contributed by atoms with E-state index in [-0.39, 0.29) is 35.7 Å². The molecule has 1 aliphatic carbocycles. The number of allylic oxidation sites excluding steroid dienone is 1. The number of hydrogen-bond donors (Lipinski definition) is 1. The number of amides is 1. The minimum absolute atomic E-state index is 0.0683. The Bertz CT molecular complexity index is 1080. The first-order valence-corrected chi connectivity index (χ1v) is 14.3. The Morgan fingerprint density at radius 1 is 1.14 bits per heavy atom. The molecule has 2 aromatic rings. The molecule has 1 amide bonds. The summed E-state index contributed by atoms with van der Waals surface area (Å²) >= 11 is 11.5. The Morgan fingerprint density at radius 2 is 1.86 bits per heavy atom. The number of pyridine rings is 1. The summed E-state index contributed by atoms with van der Waals surface area (Å²) in [5, 5.41) is 1.08. The number of piperidine rings is 1. The molecule has 0 radical (unpaired) electrons. The fraction of sp³-hybridized carbons (Fsp3) is 0.462. The maximum absolute atomic E-state index is 13.3. The van der Waals surface area contributed by atoms with Crippen molar-refractivity contribution in [2.24, 2.45) is 5.92 Å². The summed E-state index contributed by atoms with van der Waals surface area (Å²) in [5.74, 6) is -0.00120. The van der Waals surface area contributed by atoms with Crippen molar-refractivity contribution in [3.63, 3.8) is 0 Å². The van der Waals surface area contributed by atoms with Crippen LogP contribution in [-0.4, -0.2) is 42.0 Å². The van der Waals surface area contributed by atoms with Crippen molar-refractivity contribution in [2.75, 3.05) is 6.54 Å². The molecular formula is C26H33Cl2N3O3S. The van der Waals surface area contributed by atoms with E-state index in [0.717, 1.165) is 31.2 Å². The van der Waals surface area contributed by atoms with E-state index in [0.29, 0.717) is 22.9 Å². The van der Waals surface area contributed by atoms with E-state index in [1.807, 2.05) is 36.1 Å². The summed E-state index contributed by atoms with van der Waals surface area (Å²) in [6.45, 7) is 6.04. The van der Waals surface area contributed by atoms with Crippen LogP contribution in [0.2, 0.25) is 10.0 Å². The van der Waals surface area contributed by atoms with Gasteiger partial charge in [-0.05, 0) is 68.4 Å². The topological polar surface area (TPSA) is 79.4 Å². The summed E-state index contributed by atoms with van der Waals surface area (Å²) in [4.78, 5) is 19.0. The van der Waals surface area contributed by atoms with Gasteiger partial charge in [0.15, 0.2) is 0 Å². The third kappa shape index (κ3) is 7.78. The highest BCUT2D eigenvalue weighted by Crippen LogP contribution is 2.38. The van der Waals surface area contributed by atoms with Gasteiger partial charge in [-0.3, -0.25) is 9.78 Å². The van der Waals surface area contributed by atoms with Gasteiger partial charge in [-0.1, -0.05) is 48.3 Å². The number of aromatic nitrogens is 1. The molecule has 190 valence electrons. The van der Waals surface area contributed by atoms with Crippen molar-refractivity contribution < 1.29 is 13.2 Å². The van der Waals surface area contributed by atoms with Crippen molar-refractivity contribution in [1.82, 2.24) is 14.6 Å². The highest BCUT2D eigenvalue weighted by molar-refractivity contribution is 7.90. The molecule has 1 aliphatic heterocycles. The fourth-order valence-electron chi connectivity index (χ4n) is 4.34. The van der Waals surface area contributed by atoms with E-state index in [1.165, 1.54) is 0 Å². The fourth-order valence-corrected chi connectivity index (χ4v) is 6.01. The minimum Gasteiger partial charge on any atom is -0.331 e. The number of hydrogen-bond acceptors (Lipinski definition) is 4. The van der Waals surface area contributed by atoms with Crippen LogP contribution in [-0.2, 0) is 14.8 Å². The predicted molar refractivity (Wildman–Crippen MR) is 142 cm³/mol. The molecule has 3 atom stereocenters. The number of nitrogens with zero attached hydrogens (tertiary/aromatic N) is 2. The van der Waals surface area contributed by atoms with Gasteiger partial charge in [0.05, 0.1) is 16.3 Å². The Balaban J connectivity index is 0.000000420. The molecular weight excluding hydrogens is 505 g/mol. The van der Waals surface area contributed by atoms with Crippen LogP contribution < -0.4 is 4.72 Å². The first-order valence-electron chi connectivity index (χ1n) is 12.0. The highest BCUT2D eigenvalue weighted by atomic mass is 35.5. The first kappa shape index (κ1) is 27.7. The molecule has 2 aliphatic rings. The first-order chi connectivity index (χ1) is 16.8. The van der Waals surface area contributed by atoms with Gasteiger partial charge in [0, 0.05) is 35.9 Å². The Kier molecular flexibility index (Phi) is 10.2. The lowest BCUT2D eigenvalue weighted by Gasteiger charge is -2.44. The molecule has 1 aromatic carbocycles. The van der Waals surface area contributed by atoms with Crippen LogP contribution in [0.15, 0.2) is 61.4 Å². The van der Waals surface area contributed by atoms with E-state index < -0.39 is 10.0 Å². The van der Waals surface area contributed by atoms with Crippen molar-refractivity contribution in [3.05, 3.63) is 77.1 Å². The molecule has 6 nitrogen and oxygen atoms in total. The molecule has 2 heterocycles. The molecule has 1 N–H and O–H groups in total. The normalized spacial score (nSPS) is 21.1. The zero-order valence-electron chi connectivity index (χ0n) is 19.9. The largest absolute Gasteiger partial charge is 0.331 e. The number of carbonyl (C=O) groups excluding carboxylic acids is 1. The van der Waals surface area contributed by atoms with Crippen molar-refractivity contribution in [1.29, 1.82) is 0 Å². The number of sulfonamides is 1. The van der Waals surface area contributed by atoms with Gasteiger partial charge in [-0.15, -0.1) is 6.58 Å². The summed E-state index contributed by atoms with van der Waals surface area (Å²) in [6, 6.07) is 10.9. The average Bonchev–Trinajstić information content (AvgIpc) is 3.70. The maximum atomic E-state index is 13.3. The molecule has 4 rings (SSSR count). The van der Waals surface area contributed by atoms with E-state index in [1.54, 1.807) is 30.6 Å². The average molecular weight is 539 g/mol. The molecule has 1 saturated heterocycles. The second-order valence-corrected chi connectivity index (χ2v) is 11.9. The third-order valence-electron chi connectivity index (χ3n) is 6.41. The smallest absolute Gasteiger partial charge is 0.226 e. The summed E-state index contributed by atoms with van der Waals surface area (Å²) in [7, 11) is -3.28. The van der Waals surface area contributed by atoms with Gasteiger partial charge in [0.2, 0.25) is 15.9 Å². The third-order valence-corrected chi connectivity index (χ3v) is 8.80. The van der Waals surface area contributed by atoms with Crippen molar-refractivity contribution in [3.8, 4) is 0 Å². The van der Waals surface area contributed by atoms with Crippen LogP contribution in [0.1, 0.15) is 57.1 Å². The molecule has 9 heteroatoms. The Hall–Kier alpha value is -1.93. The van der Waals surface area contributed by atoms with Crippen molar-refractivity contribution >= 4 is 39.1 Å². The number of benzene rings is 1. The zero-order valence-corrected chi connectivity index (χ0v) is 22.3. The molecule has 2 fully saturated rings. The van der Waals surface area contributed by atoms with Gasteiger partial charge in [-0.2, -0.15) is 0 Å². The van der Waals surface area contributed by atoms with Crippen LogP contribution in [0.5, 0.6) is 0 Å². The van der Waals surface area contributed by atoms with Crippen LogP contribution in [0, 0.1) is 5.92 Å². The number of halogens is 2. The monoisotopic (exact) mass is 537 g/mol. The quantitative estimate of drug-likeness (QED) is 0.410. The lowest BCUT2D eigenvalue weighted by molar-refractivity contribution is -0.145. The predicted octanol–water partition coefficient (Wildman–Crippen LogP) is 5.79. The van der Waals surface area contributed by atoms with E-state index >= 15 is 0 Å². The molecule has 3 unspecified atom stereocenters. The number of rotatable bonds is 9. The van der Waals surface area contributed by atoms with E-state index in [4.69, 9.17) is 23.2 Å².